The third-order valence-corrected chi connectivity index (χ3v) is 1.86. The van der Waals surface area contributed by atoms with Gasteiger partial charge in [0.1, 0.15) is 5.75 Å². The molecule has 56 valence electrons. The smallest absolute Gasteiger partial charge is 0.115 e. The first-order valence-electron chi connectivity index (χ1n) is 3.17. The van der Waals surface area contributed by atoms with Crippen molar-refractivity contribution in [2.75, 3.05) is 4.43 Å². The Morgan fingerprint density at radius 3 is 2.18 bits per heavy atom. The molecule has 0 saturated carbocycles. The summed E-state index contributed by atoms with van der Waals surface area (Å²) in [6.45, 7) is 0. The molecule has 0 saturated heterocycles. The fourth-order valence-electron chi connectivity index (χ4n) is 0.772. The van der Waals surface area contributed by atoms with Crippen LogP contribution in [-0.4, -0.2) is 9.53 Å². The molecule has 0 heterocycles. The van der Waals surface area contributed by atoms with E-state index < -0.39 is 0 Å². The van der Waals surface area contributed by atoms with Gasteiger partial charge in [-0.2, -0.15) is 0 Å². The first-order valence-corrected chi connectivity index (χ1v) is 4.69. The van der Waals surface area contributed by atoms with Crippen LogP contribution < -0.4 is 0 Å². The molecule has 1 nitrogen and oxygen atoms in total. The van der Waals surface area contributed by atoms with Gasteiger partial charge in [0.2, 0.25) is 0 Å². The van der Waals surface area contributed by atoms with Crippen LogP contribution in [0.4, 0.5) is 0 Å². The van der Waals surface area contributed by atoms with Gasteiger partial charge in [-0.25, -0.2) is 0 Å². The Morgan fingerprint density at radius 1 is 1.18 bits per heavy atom. The van der Waals surface area contributed by atoms with Crippen molar-refractivity contribution in [3.05, 3.63) is 29.8 Å². The van der Waals surface area contributed by atoms with Crippen LogP contribution >= 0.6 is 22.6 Å². The second kappa shape index (κ2) is 5.95. The van der Waals surface area contributed by atoms with E-state index in [4.69, 9.17) is 5.11 Å². The second-order valence-electron chi connectivity index (χ2n) is 2.11. The fourth-order valence-corrected chi connectivity index (χ4v) is 1.39. The number of phenols is 1. The predicted molar refractivity (Wildman–Crippen MR) is 50.7 cm³/mol. The van der Waals surface area contributed by atoms with Crippen molar-refractivity contribution in [1.82, 2.24) is 0 Å². The minimum Gasteiger partial charge on any atom is -0.508 e. The van der Waals surface area contributed by atoms with E-state index in [-0.39, 0.29) is 19.5 Å². The van der Waals surface area contributed by atoms with Gasteiger partial charge in [-0.3, -0.25) is 0 Å². The van der Waals surface area contributed by atoms with Crippen molar-refractivity contribution in [2.45, 2.75) is 6.42 Å². The molecule has 3 heteroatoms. The van der Waals surface area contributed by atoms with Gasteiger partial charge in [-0.15, -0.1) is 0 Å². The van der Waals surface area contributed by atoms with Gasteiger partial charge >= 0.3 is 0 Å². The summed E-state index contributed by atoms with van der Waals surface area (Å²) in [5.41, 5.74) is 1.28. The summed E-state index contributed by atoms with van der Waals surface area (Å²) < 4.78 is 1.13. The summed E-state index contributed by atoms with van der Waals surface area (Å²) in [5, 5.41) is 8.92. The molecule has 1 rings (SSSR count). The van der Waals surface area contributed by atoms with Crippen molar-refractivity contribution in [1.29, 1.82) is 0 Å². The minimum absolute atomic E-state index is 0. The second-order valence-corrected chi connectivity index (χ2v) is 3.18. The molecule has 0 bridgehead atoms. The van der Waals surface area contributed by atoms with Gasteiger partial charge in [0.25, 0.3) is 0 Å². The van der Waals surface area contributed by atoms with Crippen LogP contribution in [0.3, 0.4) is 0 Å². The number of alkyl halides is 1. The van der Waals surface area contributed by atoms with Crippen molar-refractivity contribution >= 4 is 22.6 Å². The zero-order valence-corrected chi connectivity index (χ0v) is 11.4. The van der Waals surface area contributed by atoms with Gasteiger partial charge in [0, 0.05) is 23.9 Å². The Kier molecular flexibility index (Phi) is 6.16. The van der Waals surface area contributed by atoms with Crippen LogP contribution in [0.5, 0.6) is 5.75 Å². The molecule has 0 aliphatic carbocycles. The molecule has 0 aliphatic heterocycles. The summed E-state index contributed by atoms with van der Waals surface area (Å²) in [7, 11) is 0. The van der Waals surface area contributed by atoms with Gasteiger partial charge < -0.3 is 5.11 Å². The number of benzene rings is 1. The Balaban J connectivity index is 0.000001000. The molecule has 0 fully saturated rings. The zero-order chi connectivity index (χ0) is 7.40. The molecule has 1 N–H and O–H groups in total. The third-order valence-electron chi connectivity index (χ3n) is 1.32. The van der Waals surface area contributed by atoms with Gasteiger partial charge in [0.15, 0.2) is 0 Å². The molecular formula is C8H9IOZn. The van der Waals surface area contributed by atoms with Gasteiger partial charge in [-0.1, -0.05) is 34.7 Å². The summed E-state index contributed by atoms with van der Waals surface area (Å²) >= 11 is 2.34. The predicted octanol–water partition coefficient (Wildman–Crippen LogP) is 2.37. The summed E-state index contributed by atoms with van der Waals surface area (Å²) in [6.07, 6.45) is 1.08. The minimum atomic E-state index is 0. The topological polar surface area (TPSA) is 20.2 Å². The van der Waals surface area contributed by atoms with Crippen LogP contribution in [0.1, 0.15) is 5.56 Å². The Morgan fingerprint density at radius 2 is 1.73 bits per heavy atom. The quantitative estimate of drug-likeness (QED) is 0.505. The summed E-state index contributed by atoms with van der Waals surface area (Å²) in [5.74, 6) is 0.345. The molecule has 0 unspecified atom stereocenters. The maximum atomic E-state index is 8.92. The average molecular weight is 313 g/mol. The maximum Gasteiger partial charge on any atom is 0.115 e. The van der Waals surface area contributed by atoms with Crippen LogP contribution in [0.15, 0.2) is 24.3 Å². The maximum absolute atomic E-state index is 8.92. The van der Waals surface area contributed by atoms with Crippen LogP contribution in [0, 0.1) is 0 Å². The van der Waals surface area contributed by atoms with E-state index in [0.29, 0.717) is 5.75 Å². The Labute approximate surface area is 93.1 Å². The number of aryl methyl sites for hydroxylation is 1. The first-order chi connectivity index (χ1) is 4.83. The monoisotopic (exact) mass is 312 g/mol. The van der Waals surface area contributed by atoms with Crippen molar-refractivity contribution in [2.24, 2.45) is 0 Å². The van der Waals surface area contributed by atoms with E-state index in [1.54, 1.807) is 12.1 Å². The molecule has 0 spiro atoms. The van der Waals surface area contributed by atoms with E-state index in [9.17, 15) is 0 Å². The number of aromatic hydroxyl groups is 1. The largest absolute Gasteiger partial charge is 0.508 e. The summed E-state index contributed by atoms with van der Waals surface area (Å²) in [4.78, 5) is 0. The standard InChI is InChI=1S/C8H9IO.Zn/c9-6-5-7-1-3-8(10)4-2-7;/h1-4,10H,5-6H2;. The molecule has 11 heavy (non-hydrogen) atoms. The van der Waals surface area contributed by atoms with E-state index in [1.807, 2.05) is 12.1 Å². The van der Waals surface area contributed by atoms with Crippen LogP contribution in [0.2, 0.25) is 0 Å². The SMILES string of the molecule is Oc1ccc(CCI)cc1.[Zn]. The molecule has 0 aliphatic rings. The Bertz CT molecular complexity index is 198. The van der Waals surface area contributed by atoms with E-state index in [0.717, 1.165) is 10.8 Å². The molecule has 0 aromatic heterocycles. The number of rotatable bonds is 2. The van der Waals surface area contributed by atoms with Crippen LogP contribution in [-0.2, 0) is 25.9 Å². The molecule has 0 atom stereocenters. The third kappa shape index (κ3) is 4.07. The van der Waals surface area contributed by atoms with E-state index in [2.05, 4.69) is 22.6 Å². The van der Waals surface area contributed by atoms with Crippen molar-refractivity contribution < 1.29 is 24.6 Å². The molecule has 0 radical (unpaired) electrons. The van der Waals surface area contributed by atoms with Crippen molar-refractivity contribution in [3.63, 3.8) is 0 Å². The normalized spacial score (nSPS) is 8.82. The van der Waals surface area contributed by atoms with E-state index >= 15 is 0 Å². The number of halogens is 1. The molecule has 1 aromatic carbocycles. The zero-order valence-electron chi connectivity index (χ0n) is 6.26. The van der Waals surface area contributed by atoms with Gasteiger partial charge in [0.05, 0.1) is 0 Å². The first kappa shape index (κ1) is 11.4. The average Bonchev–Trinajstić information content (AvgIpc) is 1.95. The van der Waals surface area contributed by atoms with E-state index in [1.165, 1.54) is 5.56 Å². The summed E-state index contributed by atoms with van der Waals surface area (Å²) in [6, 6.07) is 7.35. The number of phenolic OH excluding ortho intramolecular Hbond substituents is 1. The molecular weight excluding hydrogens is 304 g/mol. The van der Waals surface area contributed by atoms with Crippen molar-refractivity contribution in [3.8, 4) is 5.75 Å². The number of hydrogen-bond donors (Lipinski definition) is 1. The molecule has 0 amide bonds. The number of hydrogen-bond acceptors (Lipinski definition) is 1. The molecule has 1 aromatic rings. The van der Waals surface area contributed by atoms with Gasteiger partial charge in [-0.05, 0) is 24.1 Å². The van der Waals surface area contributed by atoms with Crippen LogP contribution in [0.25, 0.3) is 0 Å². The fraction of sp³-hybridized carbons (Fsp3) is 0.250. The Hall–Kier alpha value is 0.373.